The van der Waals surface area contributed by atoms with Crippen LogP contribution in [0.2, 0.25) is 0 Å². The summed E-state index contributed by atoms with van der Waals surface area (Å²) in [6, 6.07) is 5.98. The fourth-order valence-corrected chi connectivity index (χ4v) is 2.89. The summed E-state index contributed by atoms with van der Waals surface area (Å²) in [7, 11) is 0. The second-order valence-corrected chi connectivity index (χ2v) is 6.15. The first-order valence-electron chi connectivity index (χ1n) is 7.65. The van der Waals surface area contributed by atoms with Gasteiger partial charge in [-0.25, -0.2) is 0 Å². The average Bonchev–Trinajstić information content (AvgIpc) is 2.67. The van der Waals surface area contributed by atoms with Crippen molar-refractivity contribution in [2.75, 3.05) is 13.1 Å². The predicted octanol–water partition coefficient (Wildman–Crippen LogP) is 3.00. The van der Waals surface area contributed by atoms with E-state index in [1.807, 2.05) is 18.2 Å². The highest BCUT2D eigenvalue weighted by atomic mass is 79.9. The number of rotatable bonds is 6. The van der Waals surface area contributed by atoms with Crippen LogP contribution in [0.1, 0.15) is 38.2 Å². The van der Waals surface area contributed by atoms with Crippen LogP contribution in [-0.4, -0.2) is 25.1 Å². The lowest BCUT2D eigenvalue weighted by molar-refractivity contribution is -0.127. The quantitative estimate of drug-likeness (QED) is 0.772. The Hall–Kier alpha value is -1.07. The van der Waals surface area contributed by atoms with E-state index in [0.717, 1.165) is 61.1 Å². The molecule has 1 heterocycles. The van der Waals surface area contributed by atoms with E-state index < -0.39 is 6.10 Å². The van der Waals surface area contributed by atoms with Gasteiger partial charge in [0.1, 0.15) is 5.75 Å². The van der Waals surface area contributed by atoms with Gasteiger partial charge in [0.2, 0.25) is 0 Å². The lowest BCUT2D eigenvalue weighted by Gasteiger charge is -2.20. The van der Waals surface area contributed by atoms with Gasteiger partial charge in [-0.3, -0.25) is 4.79 Å². The lowest BCUT2D eigenvalue weighted by atomic mass is 10.1. The maximum absolute atomic E-state index is 12.0. The molecule has 0 bridgehead atoms. The summed E-state index contributed by atoms with van der Waals surface area (Å²) < 4.78 is 6.94. The molecular formula is C16H23BrN2O2. The minimum absolute atomic E-state index is 0.00396. The third kappa shape index (κ3) is 4.71. The van der Waals surface area contributed by atoms with E-state index in [1.54, 1.807) is 0 Å². The molecule has 1 saturated heterocycles. The van der Waals surface area contributed by atoms with E-state index in [2.05, 4.69) is 33.5 Å². The molecule has 0 aromatic heterocycles. The Morgan fingerprint density at radius 2 is 2.29 bits per heavy atom. The molecule has 2 rings (SSSR count). The van der Waals surface area contributed by atoms with Crippen LogP contribution in [0.5, 0.6) is 5.75 Å². The molecule has 1 unspecified atom stereocenters. The van der Waals surface area contributed by atoms with Crippen LogP contribution < -0.4 is 15.4 Å². The molecule has 116 valence electrons. The van der Waals surface area contributed by atoms with E-state index in [-0.39, 0.29) is 5.91 Å². The number of para-hydroxylation sites is 1. The Morgan fingerprint density at radius 1 is 1.43 bits per heavy atom. The number of amides is 1. The van der Waals surface area contributed by atoms with Gasteiger partial charge >= 0.3 is 0 Å². The molecule has 1 aromatic carbocycles. The fourth-order valence-electron chi connectivity index (χ4n) is 2.39. The monoisotopic (exact) mass is 354 g/mol. The molecule has 1 aromatic rings. The van der Waals surface area contributed by atoms with Crippen molar-refractivity contribution in [3.8, 4) is 5.75 Å². The number of carbonyl (C=O) groups is 1. The summed E-state index contributed by atoms with van der Waals surface area (Å²) in [6.07, 6.45) is 3.50. The molecule has 0 spiro atoms. The summed E-state index contributed by atoms with van der Waals surface area (Å²) >= 11 is 3.54. The Labute approximate surface area is 134 Å². The zero-order valence-electron chi connectivity index (χ0n) is 12.5. The third-order valence-corrected chi connectivity index (χ3v) is 4.16. The standard InChI is InChI=1S/C16H23BrN2O2/c1-2-9-18-11-12-6-5-7-13(17)15(12)21-14-8-3-4-10-19-16(14)20/h5-7,14,18H,2-4,8-11H2,1H3,(H,19,20). The van der Waals surface area contributed by atoms with E-state index in [4.69, 9.17) is 4.74 Å². The first-order chi connectivity index (χ1) is 10.2. The molecule has 21 heavy (non-hydrogen) atoms. The third-order valence-electron chi connectivity index (χ3n) is 3.54. The fraction of sp³-hybridized carbons (Fsp3) is 0.562. The summed E-state index contributed by atoms with van der Waals surface area (Å²) in [5.41, 5.74) is 1.08. The Balaban J connectivity index is 2.11. The summed E-state index contributed by atoms with van der Waals surface area (Å²) in [5.74, 6) is 0.777. The molecule has 4 nitrogen and oxygen atoms in total. The maximum atomic E-state index is 12.0. The number of hydrogen-bond acceptors (Lipinski definition) is 3. The van der Waals surface area contributed by atoms with Crippen LogP contribution in [0.25, 0.3) is 0 Å². The van der Waals surface area contributed by atoms with E-state index in [9.17, 15) is 4.79 Å². The Bertz CT molecular complexity index is 479. The molecule has 1 aliphatic rings. The van der Waals surface area contributed by atoms with Crippen molar-refractivity contribution in [3.05, 3.63) is 28.2 Å². The Kier molecular flexibility index (Phi) is 6.51. The first kappa shape index (κ1) is 16.3. The maximum Gasteiger partial charge on any atom is 0.261 e. The van der Waals surface area contributed by atoms with Gasteiger partial charge < -0.3 is 15.4 Å². The highest BCUT2D eigenvalue weighted by Crippen LogP contribution is 2.31. The molecule has 1 atom stereocenters. The van der Waals surface area contributed by atoms with Gasteiger partial charge in [-0.15, -0.1) is 0 Å². The van der Waals surface area contributed by atoms with Gasteiger partial charge in [-0.2, -0.15) is 0 Å². The molecule has 1 fully saturated rings. The van der Waals surface area contributed by atoms with Gasteiger partial charge in [-0.05, 0) is 54.2 Å². The molecule has 1 amide bonds. The Morgan fingerprint density at radius 3 is 3.10 bits per heavy atom. The molecular weight excluding hydrogens is 332 g/mol. The zero-order valence-corrected chi connectivity index (χ0v) is 14.0. The normalized spacial score (nSPS) is 19.0. The molecule has 1 aliphatic heterocycles. The molecule has 5 heteroatoms. The summed E-state index contributed by atoms with van der Waals surface area (Å²) in [4.78, 5) is 12.0. The van der Waals surface area contributed by atoms with Crippen LogP contribution >= 0.6 is 15.9 Å². The first-order valence-corrected chi connectivity index (χ1v) is 8.44. The van der Waals surface area contributed by atoms with Crippen molar-refractivity contribution >= 4 is 21.8 Å². The van der Waals surface area contributed by atoms with Gasteiger partial charge in [0, 0.05) is 18.7 Å². The van der Waals surface area contributed by atoms with Crippen LogP contribution in [0.15, 0.2) is 22.7 Å². The topological polar surface area (TPSA) is 50.4 Å². The molecule has 0 saturated carbocycles. The largest absolute Gasteiger partial charge is 0.479 e. The van der Waals surface area contributed by atoms with Crippen molar-refractivity contribution in [2.24, 2.45) is 0 Å². The van der Waals surface area contributed by atoms with Gasteiger partial charge in [-0.1, -0.05) is 19.1 Å². The SMILES string of the molecule is CCCNCc1cccc(Br)c1OC1CCCCNC1=O. The van der Waals surface area contributed by atoms with Crippen LogP contribution in [0, 0.1) is 0 Å². The zero-order chi connectivity index (χ0) is 15.1. The van der Waals surface area contributed by atoms with Crippen molar-refractivity contribution in [1.82, 2.24) is 10.6 Å². The smallest absolute Gasteiger partial charge is 0.261 e. The van der Waals surface area contributed by atoms with Crippen molar-refractivity contribution in [1.29, 1.82) is 0 Å². The highest BCUT2D eigenvalue weighted by molar-refractivity contribution is 9.10. The minimum Gasteiger partial charge on any atom is -0.479 e. The molecule has 0 aliphatic carbocycles. The van der Waals surface area contributed by atoms with E-state index >= 15 is 0 Å². The predicted molar refractivity (Wildman–Crippen MR) is 87.4 cm³/mol. The van der Waals surface area contributed by atoms with Crippen molar-refractivity contribution in [3.63, 3.8) is 0 Å². The lowest BCUT2D eigenvalue weighted by Crippen LogP contribution is -2.36. The molecule has 0 radical (unpaired) electrons. The number of carbonyl (C=O) groups excluding carboxylic acids is 1. The van der Waals surface area contributed by atoms with E-state index in [0.29, 0.717) is 0 Å². The number of benzene rings is 1. The number of hydrogen-bond donors (Lipinski definition) is 2. The molecule has 2 N–H and O–H groups in total. The highest BCUT2D eigenvalue weighted by Gasteiger charge is 2.24. The van der Waals surface area contributed by atoms with Crippen LogP contribution in [0.4, 0.5) is 0 Å². The van der Waals surface area contributed by atoms with Gasteiger partial charge in [0.15, 0.2) is 6.10 Å². The van der Waals surface area contributed by atoms with Crippen LogP contribution in [-0.2, 0) is 11.3 Å². The average molecular weight is 355 g/mol. The summed E-state index contributed by atoms with van der Waals surface area (Å²) in [5, 5.41) is 6.29. The van der Waals surface area contributed by atoms with E-state index in [1.165, 1.54) is 0 Å². The number of halogens is 1. The van der Waals surface area contributed by atoms with Crippen molar-refractivity contribution in [2.45, 2.75) is 45.3 Å². The summed E-state index contributed by atoms with van der Waals surface area (Å²) in [6.45, 7) is 4.60. The minimum atomic E-state index is -0.392. The second kappa shape index (κ2) is 8.39. The van der Waals surface area contributed by atoms with Crippen molar-refractivity contribution < 1.29 is 9.53 Å². The number of ether oxygens (including phenoxy) is 1. The van der Waals surface area contributed by atoms with Gasteiger partial charge in [0.05, 0.1) is 4.47 Å². The van der Waals surface area contributed by atoms with Gasteiger partial charge in [0.25, 0.3) is 5.91 Å². The second-order valence-electron chi connectivity index (χ2n) is 5.30. The van der Waals surface area contributed by atoms with Crippen LogP contribution in [0.3, 0.4) is 0 Å². The number of nitrogens with one attached hydrogen (secondary N) is 2.